The fourth-order valence-electron chi connectivity index (χ4n) is 1.84. The Morgan fingerprint density at radius 1 is 1.57 bits per heavy atom. The van der Waals surface area contributed by atoms with Gasteiger partial charge in [-0.15, -0.1) is 0 Å². The maximum Gasteiger partial charge on any atom is 0.312 e. The van der Waals surface area contributed by atoms with Crippen molar-refractivity contribution in [2.24, 2.45) is 0 Å². The number of methoxy groups -OCH3 is 1. The standard InChI is InChI=1S/C12H17N3O5S/c1-20-7-5-9(11(16)17)10-4-6-13-12(14-10)15-21(18,19)8-2-3-8/h4,6,8-9H,2-3,5,7H2,1H3,(H,16,17)(H,13,14,15). The molecule has 1 aromatic heterocycles. The predicted octanol–water partition coefficient (Wildman–Crippen LogP) is 0.585. The number of carbonyl (C=O) groups is 1. The number of aliphatic carboxylic acids is 1. The van der Waals surface area contributed by atoms with Gasteiger partial charge in [0.25, 0.3) is 0 Å². The van der Waals surface area contributed by atoms with Crippen molar-refractivity contribution in [2.75, 3.05) is 18.4 Å². The second-order valence-electron chi connectivity index (χ2n) is 4.82. The smallest absolute Gasteiger partial charge is 0.312 e. The van der Waals surface area contributed by atoms with Crippen molar-refractivity contribution < 1.29 is 23.1 Å². The summed E-state index contributed by atoms with van der Waals surface area (Å²) in [5.74, 6) is -2.00. The lowest BCUT2D eigenvalue weighted by molar-refractivity contribution is -0.139. The Bertz CT molecular complexity index is 615. The minimum Gasteiger partial charge on any atom is -0.481 e. The number of carboxylic acids is 1. The van der Waals surface area contributed by atoms with Gasteiger partial charge >= 0.3 is 5.97 Å². The highest BCUT2D eigenvalue weighted by atomic mass is 32.2. The summed E-state index contributed by atoms with van der Waals surface area (Å²) in [7, 11) is -1.99. The van der Waals surface area contributed by atoms with Gasteiger partial charge in [0.15, 0.2) is 0 Å². The number of hydrogen-bond acceptors (Lipinski definition) is 6. The molecule has 1 aliphatic carbocycles. The topological polar surface area (TPSA) is 118 Å². The van der Waals surface area contributed by atoms with Crippen LogP contribution in [0.2, 0.25) is 0 Å². The first-order chi connectivity index (χ1) is 9.94. The van der Waals surface area contributed by atoms with Gasteiger partial charge in [-0.05, 0) is 25.3 Å². The van der Waals surface area contributed by atoms with Crippen LogP contribution in [0.1, 0.15) is 30.9 Å². The average molecular weight is 315 g/mol. The molecule has 1 aliphatic rings. The van der Waals surface area contributed by atoms with Crippen LogP contribution in [0.25, 0.3) is 0 Å². The lowest BCUT2D eigenvalue weighted by atomic mass is 10.0. The summed E-state index contributed by atoms with van der Waals surface area (Å²) in [6, 6.07) is 1.46. The fourth-order valence-corrected chi connectivity index (χ4v) is 3.11. The van der Waals surface area contributed by atoms with Gasteiger partial charge in [-0.25, -0.2) is 18.4 Å². The number of hydrogen-bond donors (Lipinski definition) is 2. The van der Waals surface area contributed by atoms with E-state index in [2.05, 4.69) is 14.7 Å². The third-order valence-electron chi connectivity index (χ3n) is 3.14. The van der Waals surface area contributed by atoms with E-state index in [-0.39, 0.29) is 24.7 Å². The molecule has 0 spiro atoms. The van der Waals surface area contributed by atoms with E-state index >= 15 is 0 Å². The zero-order valence-corrected chi connectivity index (χ0v) is 12.3. The van der Waals surface area contributed by atoms with Crippen LogP contribution < -0.4 is 4.72 Å². The van der Waals surface area contributed by atoms with Crippen molar-refractivity contribution >= 4 is 21.9 Å². The summed E-state index contributed by atoms with van der Waals surface area (Å²) < 4.78 is 30.8. The first kappa shape index (κ1) is 15.6. The molecule has 1 fully saturated rings. The molecule has 2 N–H and O–H groups in total. The van der Waals surface area contributed by atoms with Crippen molar-refractivity contribution in [3.05, 3.63) is 18.0 Å². The van der Waals surface area contributed by atoms with E-state index in [0.717, 1.165) is 0 Å². The van der Waals surface area contributed by atoms with E-state index in [4.69, 9.17) is 4.74 Å². The SMILES string of the molecule is COCCC(C(=O)O)c1ccnc(NS(=O)(=O)C2CC2)n1. The Hall–Kier alpha value is -1.74. The Morgan fingerprint density at radius 2 is 2.29 bits per heavy atom. The normalized spacial score (nSPS) is 16.4. The second kappa shape index (κ2) is 6.35. The number of nitrogens with zero attached hydrogens (tertiary/aromatic N) is 2. The molecule has 0 saturated heterocycles. The number of aromatic nitrogens is 2. The van der Waals surface area contributed by atoms with E-state index in [1.54, 1.807) is 0 Å². The number of carboxylic acid groups (broad SMARTS) is 1. The van der Waals surface area contributed by atoms with Crippen LogP contribution in [0, 0.1) is 0 Å². The van der Waals surface area contributed by atoms with Crippen molar-refractivity contribution in [1.82, 2.24) is 9.97 Å². The first-order valence-electron chi connectivity index (χ1n) is 6.50. The number of anilines is 1. The van der Waals surface area contributed by atoms with Gasteiger partial charge in [-0.1, -0.05) is 0 Å². The van der Waals surface area contributed by atoms with Crippen LogP contribution in [0.4, 0.5) is 5.95 Å². The molecule has 0 radical (unpaired) electrons. The van der Waals surface area contributed by atoms with Gasteiger partial charge < -0.3 is 9.84 Å². The quantitative estimate of drug-likeness (QED) is 0.720. The van der Waals surface area contributed by atoms with Crippen molar-refractivity contribution in [3.63, 3.8) is 0 Å². The van der Waals surface area contributed by atoms with Crippen molar-refractivity contribution in [1.29, 1.82) is 0 Å². The molecular formula is C12H17N3O5S. The fraction of sp³-hybridized carbons (Fsp3) is 0.583. The van der Waals surface area contributed by atoms with E-state index in [1.807, 2.05) is 0 Å². The number of nitrogens with one attached hydrogen (secondary N) is 1. The highest BCUT2D eigenvalue weighted by Gasteiger charge is 2.36. The number of ether oxygens (including phenoxy) is 1. The summed E-state index contributed by atoms with van der Waals surface area (Å²) in [6.45, 7) is 0.268. The lowest BCUT2D eigenvalue weighted by Gasteiger charge is -2.12. The maximum absolute atomic E-state index is 11.8. The third kappa shape index (κ3) is 4.11. The van der Waals surface area contributed by atoms with E-state index in [9.17, 15) is 18.3 Å². The lowest BCUT2D eigenvalue weighted by Crippen LogP contribution is -2.21. The van der Waals surface area contributed by atoms with E-state index in [0.29, 0.717) is 12.8 Å². The minimum absolute atomic E-state index is 0.0944. The van der Waals surface area contributed by atoms with Gasteiger partial charge in [0.05, 0.1) is 10.9 Å². The van der Waals surface area contributed by atoms with Crippen LogP contribution in [-0.2, 0) is 19.6 Å². The summed E-state index contributed by atoms with van der Waals surface area (Å²) in [5, 5.41) is 8.83. The van der Waals surface area contributed by atoms with Crippen LogP contribution >= 0.6 is 0 Å². The third-order valence-corrected chi connectivity index (χ3v) is 4.96. The Kier molecular flexibility index (Phi) is 4.73. The Morgan fingerprint density at radius 3 is 2.86 bits per heavy atom. The molecule has 9 heteroatoms. The van der Waals surface area contributed by atoms with E-state index in [1.165, 1.54) is 19.4 Å². The molecule has 2 rings (SSSR count). The number of sulfonamides is 1. The highest BCUT2D eigenvalue weighted by molar-refractivity contribution is 7.93. The molecule has 0 aliphatic heterocycles. The molecule has 1 heterocycles. The monoisotopic (exact) mass is 315 g/mol. The van der Waals surface area contributed by atoms with Gasteiger partial charge in [0.2, 0.25) is 16.0 Å². The molecular weight excluding hydrogens is 298 g/mol. The maximum atomic E-state index is 11.8. The van der Waals surface area contributed by atoms with Gasteiger partial charge in [0.1, 0.15) is 5.92 Å². The molecule has 21 heavy (non-hydrogen) atoms. The largest absolute Gasteiger partial charge is 0.481 e. The van der Waals surface area contributed by atoms with Crippen LogP contribution in [0.15, 0.2) is 12.3 Å². The zero-order valence-electron chi connectivity index (χ0n) is 11.5. The minimum atomic E-state index is -3.47. The van der Waals surface area contributed by atoms with E-state index < -0.39 is 27.2 Å². The molecule has 1 aromatic rings. The first-order valence-corrected chi connectivity index (χ1v) is 8.05. The van der Waals surface area contributed by atoms with Crippen LogP contribution in [0.3, 0.4) is 0 Å². The highest BCUT2D eigenvalue weighted by Crippen LogP contribution is 2.29. The second-order valence-corrected chi connectivity index (χ2v) is 6.78. The number of rotatable bonds is 8. The van der Waals surface area contributed by atoms with Crippen molar-refractivity contribution in [3.8, 4) is 0 Å². The summed E-state index contributed by atoms with van der Waals surface area (Å²) in [6.07, 6.45) is 2.84. The molecule has 0 aromatic carbocycles. The molecule has 1 unspecified atom stereocenters. The molecule has 0 amide bonds. The summed E-state index contributed by atoms with van der Waals surface area (Å²) in [5.41, 5.74) is 0.253. The molecule has 116 valence electrons. The summed E-state index contributed by atoms with van der Waals surface area (Å²) in [4.78, 5) is 19.1. The van der Waals surface area contributed by atoms with Gasteiger partial charge in [0, 0.05) is 19.9 Å². The molecule has 1 atom stereocenters. The van der Waals surface area contributed by atoms with Gasteiger partial charge in [-0.3, -0.25) is 9.52 Å². The van der Waals surface area contributed by atoms with Crippen LogP contribution in [-0.4, -0.2) is 48.4 Å². The molecule has 1 saturated carbocycles. The van der Waals surface area contributed by atoms with Crippen molar-refractivity contribution in [2.45, 2.75) is 30.4 Å². The average Bonchev–Trinajstić information content (AvgIpc) is 3.23. The molecule has 0 bridgehead atoms. The Labute approximate surface area is 122 Å². The predicted molar refractivity (Wildman–Crippen MR) is 74.5 cm³/mol. The van der Waals surface area contributed by atoms with Gasteiger partial charge in [-0.2, -0.15) is 0 Å². The molecule has 8 nitrogen and oxygen atoms in total. The Balaban J connectivity index is 2.17. The van der Waals surface area contributed by atoms with Crippen LogP contribution in [0.5, 0.6) is 0 Å². The summed E-state index contributed by atoms with van der Waals surface area (Å²) >= 11 is 0. The zero-order chi connectivity index (χ0) is 15.5.